The second-order valence-corrected chi connectivity index (χ2v) is 9.12. The lowest BCUT2D eigenvalue weighted by Crippen LogP contribution is -2.34. The third-order valence-corrected chi connectivity index (χ3v) is 7.31. The molecule has 2 aliphatic rings. The maximum Gasteiger partial charge on any atom is 0.254 e. The van der Waals surface area contributed by atoms with Gasteiger partial charge in [0.1, 0.15) is 0 Å². The normalized spacial score (nSPS) is 22.1. The highest BCUT2D eigenvalue weighted by molar-refractivity contribution is 7.16. The van der Waals surface area contributed by atoms with E-state index in [0.29, 0.717) is 17.4 Å². The summed E-state index contributed by atoms with van der Waals surface area (Å²) >= 11 is 1.65. The van der Waals surface area contributed by atoms with E-state index in [2.05, 4.69) is 26.1 Å². The van der Waals surface area contributed by atoms with Crippen molar-refractivity contribution in [1.29, 1.82) is 0 Å². The molecule has 3 N–H and O–H groups in total. The van der Waals surface area contributed by atoms with Crippen molar-refractivity contribution in [1.82, 2.24) is 5.32 Å². The average Bonchev–Trinajstić information content (AvgIpc) is 3.12. The van der Waals surface area contributed by atoms with Crippen molar-refractivity contribution in [2.45, 2.75) is 78.2 Å². The molecule has 23 heavy (non-hydrogen) atoms. The van der Waals surface area contributed by atoms with E-state index in [1.165, 1.54) is 36.1 Å². The summed E-state index contributed by atoms with van der Waals surface area (Å²) in [6.07, 6.45) is 9.16. The first-order valence-electron chi connectivity index (χ1n) is 9.13. The summed E-state index contributed by atoms with van der Waals surface area (Å²) in [6.45, 7) is 7.01. The Morgan fingerprint density at radius 2 is 2.00 bits per heavy atom. The number of fused-ring (bicyclic) bond motifs is 1. The molecule has 1 saturated carbocycles. The van der Waals surface area contributed by atoms with Crippen molar-refractivity contribution in [3.05, 3.63) is 16.0 Å². The maximum absolute atomic E-state index is 12.7. The van der Waals surface area contributed by atoms with Gasteiger partial charge in [-0.05, 0) is 49.0 Å². The van der Waals surface area contributed by atoms with Crippen LogP contribution in [0.4, 0.5) is 5.00 Å². The van der Waals surface area contributed by atoms with Crippen LogP contribution in [0.15, 0.2) is 0 Å². The smallest absolute Gasteiger partial charge is 0.254 e. The Bertz CT molecular complexity index is 584. The number of hydrogen-bond donors (Lipinski definition) is 2. The number of carbonyl (C=O) groups is 1. The van der Waals surface area contributed by atoms with Gasteiger partial charge in [0.2, 0.25) is 0 Å². The molecule has 0 aliphatic heterocycles. The molecule has 1 aromatic rings. The minimum atomic E-state index is 0.0695. The van der Waals surface area contributed by atoms with Gasteiger partial charge in [-0.3, -0.25) is 4.79 Å². The quantitative estimate of drug-likeness (QED) is 0.849. The van der Waals surface area contributed by atoms with Gasteiger partial charge in [-0.2, -0.15) is 0 Å². The summed E-state index contributed by atoms with van der Waals surface area (Å²) in [4.78, 5) is 14.1. The lowest BCUT2D eigenvalue weighted by Gasteiger charge is -2.36. The number of nitrogen functional groups attached to an aromatic ring is 1. The van der Waals surface area contributed by atoms with Crippen molar-refractivity contribution in [3.8, 4) is 0 Å². The van der Waals surface area contributed by atoms with E-state index < -0.39 is 0 Å². The number of nitrogens with two attached hydrogens (primary N) is 1. The van der Waals surface area contributed by atoms with E-state index in [1.54, 1.807) is 11.3 Å². The van der Waals surface area contributed by atoms with Gasteiger partial charge in [0.05, 0.1) is 10.6 Å². The maximum atomic E-state index is 12.7. The molecule has 3 nitrogen and oxygen atoms in total. The third-order valence-electron chi connectivity index (χ3n) is 6.23. The topological polar surface area (TPSA) is 55.1 Å². The molecule has 1 aromatic heterocycles. The number of nitrogens with one attached hydrogen (secondary N) is 1. The Labute approximate surface area is 144 Å². The highest BCUT2D eigenvalue weighted by atomic mass is 32.1. The third kappa shape index (κ3) is 3.28. The molecular formula is C19H30N2OS. The molecule has 128 valence electrons. The van der Waals surface area contributed by atoms with Gasteiger partial charge in [-0.1, -0.05) is 40.0 Å². The van der Waals surface area contributed by atoms with Crippen molar-refractivity contribution < 1.29 is 4.79 Å². The molecule has 1 fully saturated rings. The van der Waals surface area contributed by atoms with Crippen LogP contribution in [0, 0.1) is 11.3 Å². The van der Waals surface area contributed by atoms with Crippen LogP contribution in [0.5, 0.6) is 0 Å². The van der Waals surface area contributed by atoms with Crippen LogP contribution in [0.2, 0.25) is 0 Å². The van der Waals surface area contributed by atoms with E-state index in [4.69, 9.17) is 5.73 Å². The number of carbonyl (C=O) groups excluding carboxylic acids is 1. The zero-order valence-corrected chi connectivity index (χ0v) is 15.5. The van der Waals surface area contributed by atoms with Crippen LogP contribution in [0.25, 0.3) is 0 Å². The first-order chi connectivity index (χ1) is 10.9. The molecule has 1 atom stereocenters. The van der Waals surface area contributed by atoms with Crippen molar-refractivity contribution in [3.63, 3.8) is 0 Å². The number of rotatable bonds is 4. The van der Waals surface area contributed by atoms with Crippen molar-refractivity contribution in [2.24, 2.45) is 11.3 Å². The first kappa shape index (κ1) is 16.8. The molecule has 0 spiro atoms. The van der Waals surface area contributed by atoms with Crippen LogP contribution >= 0.6 is 11.3 Å². The van der Waals surface area contributed by atoms with Gasteiger partial charge < -0.3 is 11.1 Å². The van der Waals surface area contributed by atoms with Crippen LogP contribution in [0.3, 0.4) is 0 Å². The Hall–Kier alpha value is -1.03. The number of amides is 1. The number of anilines is 1. The Morgan fingerprint density at radius 1 is 1.30 bits per heavy atom. The summed E-state index contributed by atoms with van der Waals surface area (Å²) in [5, 5.41) is 3.94. The van der Waals surface area contributed by atoms with Gasteiger partial charge >= 0.3 is 0 Å². The molecular weight excluding hydrogens is 304 g/mol. The molecule has 0 aromatic carbocycles. The zero-order valence-electron chi connectivity index (χ0n) is 14.7. The molecule has 1 amide bonds. The van der Waals surface area contributed by atoms with Crippen LogP contribution in [-0.4, -0.2) is 11.9 Å². The lowest BCUT2D eigenvalue weighted by molar-refractivity contribution is 0.0937. The fourth-order valence-electron chi connectivity index (χ4n) is 4.14. The van der Waals surface area contributed by atoms with Crippen molar-refractivity contribution in [2.75, 3.05) is 5.73 Å². The van der Waals surface area contributed by atoms with E-state index in [0.717, 1.165) is 36.2 Å². The molecule has 0 radical (unpaired) electrons. The molecule has 2 aliphatic carbocycles. The Morgan fingerprint density at radius 3 is 2.65 bits per heavy atom. The number of hydrogen-bond acceptors (Lipinski definition) is 3. The van der Waals surface area contributed by atoms with Gasteiger partial charge in [-0.25, -0.2) is 0 Å². The summed E-state index contributed by atoms with van der Waals surface area (Å²) in [7, 11) is 0. The first-order valence-corrected chi connectivity index (χ1v) is 9.95. The second kappa shape index (κ2) is 6.46. The summed E-state index contributed by atoms with van der Waals surface area (Å²) in [5.74, 6) is 0.767. The standard InChI is InChI=1S/C19H30N2OS/c1-4-19(2,3)12-9-10-14-15(11-12)23-17(20)16(14)18(22)21-13-7-5-6-8-13/h12-13H,4-11,20H2,1-3H3,(H,21,22)/t12-/m1/s1. The average molecular weight is 335 g/mol. The van der Waals surface area contributed by atoms with E-state index in [-0.39, 0.29) is 5.91 Å². The fraction of sp³-hybridized carbons (Fsp3) is 0.737. The van der Waals surface area contributed by atoms with Crippen LogP contribution in [-0.2, 0) is 12.8 Å². The number of thiophene rings is 1. The predicted molar refractivity (Wildman–Crippen MR) is 98.0 cm³/mol. The summed E-state index contributed by atoms with van der Waals surface area (Å²) in [5.41, 5.74) is 8.64. The van der Waals surface area contributed by atoms with Gasteiger partial charge in [0.25, 0.3) is 5.91 Å². The van der Waals surface area contributed by atoms with Gasteiger partial charge in [-0.15, -0.1) is 11.3 Å². The lowest BCUT2D eigenvalue weighted by atomic mass is 9.69. The molecule has 0 unspecified atom stereocenters. The van der Waals surface area contributed by atoms with E-state index in [1.807, 2.05) is 0 Å². The molecule has 1 heterocycles. The van der Waals surface area contributed by atoms with Crippen LogP contribution in [0.1, 0.15) is 80.1 Å². The van der Waals surface area contributed by atoms with Crippen LogP contribution < -0.4 is 11.1 Å². The van der Waals surface area contributed by atoms with Gasteiger partial charge in [0, 0.05) is 10.9 Å². The zero-order chi connectivity index (χ0) is 16.6. The highest BCUT2D eigenvalue weighted by Crippen LogP contribution is 2.44. The Kier molecular flexibility index (Phi) is 4.73. The minimum Gasteiger partial charge on any atom is -0.390 e. The second-order valence-electron chi connectivity index (χ2n) is 7.98. The summed E-state index contributed by atoms with van der Waals surface area (Å²) in [6, 6.07) is 0.354. The Balaban J connectivity index is 1.78. The predicted octanol–water partition coefficient (Wildman–Crippen LogP) is 4.54. The van der Waals surface area contributed by atoms with Gasteiger partial charge in [0.15, 0.2) is 0 Å². The van der Waals surface area contributed by atoms with E-state index >= 15 is 0 Å². The summed E-state index contributed by atoms with van der Waals surface area (Å²) < 4.78 is 0. The molecule has 3 rings (SSSR count). The minimum absolute atomic E-state index is 0.0695. The molecule has 0 saturated heterocycles. The molecule has 4 heteroatoms. The SMILES string of the molecule is CCC(C)(C)[C@@H]1CCc2c(sc(N)c2C(=O)NC2CCCC2)C1. The monoisotopic (exact) mass is 334 g/mol. The van der Waals surface area contributed by atoms with Crippen molar-refractivity contribution >= 4 is 22.2 Å². The molecule has 0 bridgehead atoms. The fourth-order valence-corrected chi connectivity index (χ4v) is 5.33. The van der Waals surface area contributed by atoms with E-state index in [9.17, 15) is 4.79 Å². The highest BCUT2D eigenvalue weighted by Gasteiger charge is 2.35. The largest absolute Gasteiger partial charge is 0.390 e.